The highest BCUT2D eigenvalue weighted by molar-refractivity contribution is 5.62. The van der Waals surface area contributed by atoms with Gasteiger partial charge in [-0.05, 0) is 37.6 Å². The average molecular weight is 390 g/mol. The Hall–Kier alpha value is -3.55. The quantitative estimate of drug-likeness (QED) is 0.577. The molecule has 0 atom stereocenters. The minimum absolute atomic E-state index is 0.0183. The third kappa shape index (κ3) is 3.06. The number of nitrogens with one attached hydrogen (secondary N) is 1. The number of pyridine rings is 1. The highest BCUT2D eigenvalue weighted by Crippen LogP contribution is 2.29. The van der Waals surface area contributed by atoms with Crippen molar-refractivity contribution in [2.75, 3.05) is 16.8 Å². The van der Waals surface area contributed by atoms with Gasteiger partial charge in [0.25, 0.3) is 0 Å². The fourth-order valence-electron chi connectivity index (χ4n) is 3.70. The van der Waals surface area contributed by atoms with Crippen LogP contribution in [0.15, 0.2) is 42.8 Å². The van der Waals surface area contributed by atoms with Gasteiger partial charge in [0.15, 0.2) is 11.5 Å². The Balaban J connectivity index is 1.47. The van der Waals surface area contributed by atoms with E-state index in [0.717, 1.165) is 46.9 Å². The van der Waals surface area contributed by atoms with Crippen LogP contribution in [0, 0.1) is 19.7 Å². The molecule has 0 saturated heterocycles. The van der Waals surface area contributed by atoms with Crippen LogP contribution in [0.1, 0.15) is 23.8 Å². The minimum atomic E-state index is -0.305. The smallest absolute Gasteiger partial charge is 0.180 e. The lowest BCUT2D eigenvalue weighted by atomic mass is 10.0. The van der Waals surface area contributed by atoms with Gasteiger partial charge in [-0.3, -0.25) is 4.98 Å². The molecule has 29 heavy (non-hydrogen) atoms. The van der Waals surface area contributed by atoms with Crippen molar-refractivity contribution < 1.29 is 5.76 Å². The molecule has 0 bridgehead atoms. The van der Waals surface area contributed by atoms with Crippen molar-refractivity contribution in [3.63, 3.8) is 0 Å². The zero-order valence-corrected chi connectivity index (χ0v) is 16.1. The van der Waals surface area contributed by atoms with Crippen molar-refractivity contribution in [3.05, 3.63) is 71.0 Å². The summed E-state index contributed by atoms with van der Waals surface area (Å²) in [6.45, 7) is 5.39. The molecule has 1 aromatic carbocycles. The van der Waals surface area contributed by atoms with Crippen LogP contribution in [-0.2, 0) is 13.0 Å². The molecule has 0 amide bonds. The number of aryl methyl sites for hydroxylation is 1. The number of fused-ring (bicyclic) bond motifs is 2. The lowest BCUT2D eigenvalue weighted by Crippen LogP contribution is -2.32. The van der Waals surface area contributed by atoms with Gasteiger partial charge < -0.3 is 10.2 Å². The van der Waals surface area contributed by atoms with E-state index in [4.69, 9.17) is 1.37 Å². The van der Waals surface area contributed by atoms with Gasteiger partial charge in [-0.25, -0.2) is 4.39 Å². The highest BCUT2D eigenvalue weighted by atomic mass is 19.1. The molecule has 4 heterocycles. The third-order valence-electron chi connectivity index (χ3n) is 5.40. The molecule has 0 saturated carbocycles. The maximum atomic E-state index is 14.0. The fourth-order valence-corrected chi connectivity index (χ4v) is 3.70. The monoisotopic (exact) mass is 390 g/mol. The van der Waals surface area contributed by atoms with Crippen molar-refractivity contribution in [3.8, 4) is 0 Å². The summed E-state index contributed by atoms with van der Waals surface area (Å²) in [5, 5.41) is 15.6. The second kappa shape index (κ2) is 6.80. The van der Waals surface area contributed by atoms with Gasteiger partial charge in [-0.1, -0.05) is 12.1 Å². The van der Waals surface area contributed by atoms with Gasteiger partial charge in [-0.15, -0.1) is 15.3 Å². The van der Waals surface area contributed by atoms with Gasteiger partial charge in [0, 0.05) is 36.3 Å². The molecule has 0 unspecified atom stereocenters. The number of hydrogen-bond donors (Lipinski definition) is 1. The summed E-state index contributed by atoms with van der Waals surface area (Å²) in [5.74, 6) is 0.506. The summed E-state index contributed by atoms with van der Waals surface area (Å²) in [4.78, 5) is 6.76. The molecule has 1 N–H and O–H groups in total. The van der Waals surface area contributed by atoms with Crippen LogP contribution in [0.2, 0.25) is 0 Å². The average Bonchev–Trinajstić information content (AvgIpc) is 3.12. The molecule has 7 nitrogen and oxygen atoms in total. The van der Waals surface area contributed by atoms with E-state index in [0.29, 0.717) is 17.9 Å². The van der Waals surface area contributed by atoms with Crippen LogP contribution in [0.4, 0.5) is 21.6 Å². The molecule has 5 rings (SSSR count). The van der Waals surface area contributed by atoms with Crippen LogP contribution in [-0.4, -0.2) is 31.3 Å². The summed E-state index contributed by atoms with van der Waals surface area (Å²) >= 11 is 0. The molecule has 146 valence electrons. The number of rotatable bonds is 3. The van der Waals surface area contributed by atoms with E-state index < -0.39 is 0 Å². The maximum Gasteiger partial charge on any atom is 0.180 e. The fraction of sp³-hybridized carbons (Fsp3) is 0.238. The molecular weight excluding hydrogens is 369 g/mol. The first-order valence-electron chi connectivity index (χ1n) is 9.95. The van der Waals surface area contributed by atoms with E-state index >= 15 is 0 Å². The Labute approximate surface area is 168 Å². The zero-order chi connectivity index (χ0) is 20.8. The van der Waals surface area contributed by atoms with Crippen molar-refractivity contribution in [2.24, 2.45) is 0 Å². The minimum Gasteiger partial charge on any atom is -0.352 e. The molecule has 0 aliphatic carbocycles. The number of nitrogens with zero attached hydrogens (tertiary/aromatic N) is 6. The molecular formula is C21H20FN7. The molecule has 1 aliphatic heterocycles. The number of benzene rings is 1. The Morgan fingerprint density at radius 3 is 2.93 bits per heavy atom. The zero-order valence-electron chi connectivity index (χ0n) is 17.1. The Morgan fingerprint density at radius 2 is 2.07 bits per heavy atom. The second-order valence-corrected chi connectivity index (χ2v) is 7.22. The normalized spacial score (nSPS) is 14.0. The van der Waals surface area contributed by atoms with Gasteiger partial charge in [0.2, 0.25) is 0 Å². The molecule has 0 radical (unpaired) electrons. The standard InChI is InChI=1S/C21H20FN7/c1-13-14(2)21(27-29-12-24-26-20(13)29)28-8-7-18-15(11-28)9-16(10-23-18)25-19-6-4-3-5-17(19)22/h3-6,9-10,12,25H,7-8,11H2,1-2H3/i12D. The molecule has 4 aromatic rings. The maximum absolute atomic E-state index is 14.0. The number of aromatic nitrogens is 5. The first-order chi connectivity index (χ1) is 14.5. The van der Waals surface area contributed by atoms with Gasteiger partial charge in [0.1, 0.15) is 13.5 Å². The molecule has 3 aromatic heterocycles. The van der Waals surface area contributed by atoms with Gasteiger partial charge in [-0.2, -0.15) is 4.52 Å². The predicted molar refractivity (Wildman–Crippen MR) is 109 cm³/mol. The van der Waals surface area contributed by atoms with Crippen LogP contribution >= 0.6 is 0 Å². The largest absolute Gasteiger partial charge is 0.352 e. The van der Waals surface area contributed by atoms with Crippen molar-refractivity contribution in [2.45, 2.75) is 26.8 Å². The molecule has 1 aliphatic rings. The highest BCUT2D eigenvalue weighted by Gasteiger charge is 2.22. The summed E-state index contributed by atoms with van der Waals surface area (Å²) in [7, 11) is 0. The summed E-state index contributed by atoms with van der Waals surface area (Å²) in [6, 6.07) is 8.59. The predicted octanol–water partition coefficient (Wildman–Crippen LogP) is 3.58. The lowest BCUT2D eigenvalue weighted by molar-refractivity contribution is 0.632. The third-order valence-corrected chi connectivity index (χ3v) is 5.40. The Morgan fingerprint density at radius 1 is 1.21 bits per heavy atom. The van der Waals surface area contributed by atoms with Crippen LogP contribution in [0.3, 0.4) is 0 Å². The number of anilines is 3. The van der Waals surface area contributed by atoms with E-state index in [2.05, 4.69) is 30.5 Å². The number of hydrogen-bond acceptors (Lipinski definition) is 6. The van der Waals surface area contributed by atoms with E-state index in [1.54, 1.807) is 24.4 Å². The topological polar surface area (TPSA) is 71.2 Å². The van der Waals surface area contributed by atoms with E-state index in [1.165, 1.54) is 10.6 Å². The molecule has 0 fully saturated rings. The number of halogens is 1. The number of para-hydroxylation sites is 1. The van der Waals surface area contributed by atoms with Gasteiger partial charge >= 0.3 is 0 Å². The van der Waals surface area contributed by atoms with Crippen molar-refractivity contribution in [1.82, 2.24) is 24.8 Å². The SMILES string of the molecule is [2H]c1nnc2c(C)c(C)c(N3CCc4ncc(Nc5ccccc5F)cc4C3)nn12. The Kier molecular flexibility index (Phi) is 3.85. The molecule has 8 heteroatoms. The van der Waals surface area contributed by atoms with Crippen molar-refractivity contribution in [1.29, 1.82) is 0 Å². The first-order valence-corrected chi connectivity index (χ1v) is 9.45. The van der Waals surface area contributed by atoms with E-state index in [9.17, 15) is 4.39 Å². The summed E-state index contributed by atoms with van der Waals surface area (Å²) in [5.41, 5.74) is 5.85. The van der Waals surface area contributed by atoms with E-state index in [1.807, 2.05) is 19.9 Å². The van der Waals surface area contributed by atoms with Crippen LogP contribution in [0.5, 0.6) is 0 Å². The Bertz CT molecular complexity index is 1270. The van der Waals surface area contributed by atoms with Crippen LogP contribution < -0.4 is 10.2 Å². The van der Waals surface area contributed by atoms with Crippen molar-refractivity contribution >= 4 is 22.8 Å². The molecule has 0 spiro atoms. The summed E-state index contributed by atoms with van der Waals surface area (Å²) < 4.78 is 23.4. The summed E-state index contributed by atoms with van der Waals surface area (Å²) in [6.07, 6.45) is 2.54. The lowest BCUT2D eigenvalue weighted by Gasteiger charge is -2.30. The second-order valence-electron chi connectivity index (χ2n) is 7.22. The van der Waals surface area contributed by atoms with Gasteiger partial charge in [0.05, 0.1) is 17.6 Å². The first kappa shape index (κ1) is 16.4. The van der Waals surface area contributed by atoms with E-state index in [-0.39, 0.29) is 12.1 Å². The van der Waals surface area contributed by atoms with Crippen LogP contribution in [0.25, 0.3) is 5.65 Å².